The number of urea groups is 1. The van der Waals surface area contributed by atoms with E-state index in [0.29, 0.717) is 18.2 Å². The number of rotatable bonds is 9. The van der Waals surface area contributed by atoms with Gasteiger partial charge in [0.05, 0.1) is 0 Å². The fourth-order valence-corrected chi connectivity index (χ4v) is 3.15. The van der Waals surface area contributed by atoms with Gasteiger partial charge in [-0.15, -0.1) is 0 Å². The third-order valence-electron chi connectivity index (χ3n) is 4.60. The molecule has 0 bridgehead atoms. The van der Waals surface area contributed by atoms with Crippen LogP contribution in [0.1, 0.15) is 36.8 Å². The third-order valence-corrected chi connectivity index (χ3v) is 4.60. The molecule has 2 N–H and O–H groups in total. The average Bonchev–Trinajstić information content (AvgIpc) is 3.23. The zero-order chi connectivity index (χ0) is 20.5. The lowest BCUT2D eigenvalue weighted by Crippen LogP contribution is -2.34. The number of halogens is 2. The van der Waals surface area contributed by atoms with Crippen LogP contribution >= 0.6 is 0 Å². The minimum absolute atomic E-state index is 0.192. The lowest BCUT2D eigenvalue weighted by Gasteiger charge is -2.15. The smallest absolute Gasteiger partial charge is 0.315 e. The summed E-state index contributed by atoms with van der Waals surface area (Å²) in [5.74, 6) is 0.901. The molecule has 1 aliphatic rings. The van der Waals surface area contributed by atoms with Crippen molar-refractivity contribution in [1.29, 1.82) is 0 Å². The Morgan fingerprint density at radius 3 is 2.72 bits per heavy atom. The molecule has 2 amide bonds. The highest BCUT2D eigenvalue weighted by atomic mass is 19.3. The molecule has 1 aromatic heterocycles. The molecule has 1 aromatic carbocycles. The van der Waals surface area contributed by atoms with Crippen molar-refractivity contribution in [2.45, 2.75) is 51.3 Å². The van der Waals surface area contributed by atoms with E-state index >= 15 is 0 Å². The van der Waals surface area contributed by atoms with E-state index < -0.39 is 13.0 Å². The van der Waals surface area contributed by atoms with Crippen LogP contribution in [0, 0.1) is 0 Å². The first kappa shape index (κ1) is 20.8. The van der Waals surface area contributed by atoms with Gasteiger partial charge in [0.1, 0.15) is 18.5 Å². The summed E-state index contributed by atoms with van der Waals surface area (Å²) in [6.07, 6.45) is 3.74. The molecule has 0 atom stereocenters. The molecule has 2 aromatic rings. The van der Waals surface area contributed by atoms with Crippen molar-refractivity contribution < 1.29 is 23.0 Å². The van der Waals surface area contributed by atoms with Gasteiger partial charge in [0.15, 0.2) is 0 Å². The number of carbonyl (C=O) groups is 1. The van der Waals surface area contributed by atoms with Crippen LogP contribution in [0.3, 0.4) is 0 Å². The van der Waals surface area contributed by atoms with Crippen molar-refractivity contribution in [3.05, 3.63) is 53.7 Å². The van der Waals surface area contributed by atoms with Crippen LogP contribution in [0.15, 0.2) is 42.6 Å². The largest absolute Gasteiger partial charge is 0.488 e. The maximum absolute atomic E-state index is 12.2. The Hall–Kier alpha value is -2.90. The summed E-state index contributed by atoms with van der Waals surface area (Å²) < 4.78 is 35.4. The quantitative estimate of drug-likeness (QED) is 0.660. The Morgan fingerprint density at radius 2 is 1.93 bits per heavy atom. The van der Waals surface area contributed by atoms with Crippen molar-refractivity contribution in [1.82, 2.24) is 15.6 Å². The van der Waals surface area contributed by atoms with Gasteiger partial charge in [0.2, 0.25) is 5.88 Å². The van der Waals surface area contributed by atoms with Gasteiger partial charge in [-0.1, -0.05) is 18.2 Å². The SMILES string of the molecule is O=C(NCc1cccc(OCC(F)F)c1)NCc1cccnc1OC1CCCC1. The predicted molar refractivity (Wildman–Crippen MR) is 104 cm³/mol. The van der Waals surface area contributed by atoms with Crippen molar-refractivity contribution >= 4 is 6.03 Å². The average molecular weight is 405 g/mol. The second-order valence-electron chi connectivity index (χ2n) is 6.88. The molecular formula is C21H25F2N3O3. The highest BCUT2D eigenvalue weighted by Crippen LogP contribution is 2.24. The van der Waals surface area contributed by atoms with E-state index in [9.17, 15) is 13.6 Å². The topological polar surface area (TPSA) is 72.5 Å². The maximum atomic E-state index is 12.2. The van der Waals surface area contributed by atoms with Crippen LogP contribution in [0.25, 0.3) is 0 Å². The molecule has 0 aliphatic heterocycles. The number of hydrogen-bond donors (Lipinski definition) is 2. The second kappa shape index (κ2) is 10.6. The van der Waals surface area contributed by atoms with Crippen molar-refractivity contribution in [2.75, 3.05) is 6.61 Å². The monoisotopic (exact) mass is 405 g/mol. The van der Waals surface area contributed by atoms with Gasteiger partial charge in [-0.3, -0.25) is 0 Å². The van der Waals surface area contributed by atoms with Gasteiger partial charge in [-0.05, 0) is 49.4 Å². The molecule has 29 heavy (non-hydrogen) atoms. The van der Waals surface area contributed by atoms with Crippen LogP contribution in [-0.4, -0.2) is 30.2 Å². The molecule has 1 saturated carbocycles. The highest BCUT2D eigenvalue weighted by molar-refractivity contribution is 5.73. The van der Waals surface area contributed by atoms with Crippen LogP contribution < -0.4 is 20.1 Å². The normalized spacial score (nSPS) is 14.0. The molecule has 1 heterocycles. The summed E-state index contributed by atoms with van der Waals surface area (Å²) in [5.41, 5.74) is 1.57. The zero-order valence-electron chi connectivity index (χ0n) is 16.1. The Bertz CT molecular complexity index is 798. The molecule has 1 fully saturated rings. The Labute approximate surface area is 168 Å². The van der Waals surface area contributed by atoms with Crippen LogP contribution in [0.5, 0.6) is 11.6 Å². The molecule has 0 unspecified atom stereocenters. The number of hydrogen-bond acceptors (Lipinski definition) is 4. The van der Waals surface area contributed by atoms with Gasteiger partial charge in [0, 0.05) is 24.8 Å². The molecule has 1 aliphatic carbocycles. The highest BCUT2D eigenvalue weighted by Gasteiger charge is 2.18. The van der Waals surface area contributed by atoms with Crippen molar-refractivity contribution in [3.63, 3.8) is 0 Å². The zero-order valence-corrected chi connectivity index (χ0v) is 16.1. The third kappa shape index (κ3) is 6.89. The first-order valence-corrected chi connectivity index (χ1v) is 9.72. The van der Waals surface area contributed by atoms with Crippen LogP contribution in [0.4, 0.5) is 13.6 Å². The number of carbonyl (C=O) groups excluding carboxylic acids is 1. The molecule has 0 radical (unpaired) electrons. The molecule has 6 nitrogen and oxygen atoms in total. The van der Waals surface area contributed by atoms with E-state index in [1.165, 1.54) is 12.8 Å². The molecule has 0 saturated heterocycles. The van der Waals surface area contributed by atoms with Crippen LogP contribution in [-0.2, 0) is 13.1 Å². The number of amides is 2. The fraction of sp³-hybridized carbons (Fsp3) is 0.429. The fourth-order valence-electron chi connectivity index (χ4n) is 3.15. The summed E-state index contributed by atoms with van der Waals surface area (Å²) in [7, 11) is 0. The molecule has 8 heteroatoms. The van der Waals surface area contributed by atoms with Crippen molar-refractivity contribution in [3.8, 4) is 11.6 Å². The van der Waals surface area contributed by atoms with Gasteiger partial charge >= 0.3 is 6.03 Å². The van der Waals surface area contributed by atoms with E-state index in [0.717, 1.165) is 24.0 Å². The van der Waals surface area contributed by atoms with Crippen LogP contribution in [0.2, 0.25) is 0 Å². The number of pyridine rings is 1. The second-order valence-corrected chi connectivity index (χ2v) is 6.88. The van der Waals surface area contributed by atoms with E-state index in [1.807, 2.05) is 6.07 Å². The number of ether oxygens (including phenoxy) is 2. The molecule has 0 spiro atoms. The Balaban J connectivity index is 1.46. The van der Waals surface area contributed by atoms with Gasteiger partial charge in [-0.2, -0.15) is 0 Å². The minimum atomic E-state index is -2.53. The molecule has 3 rings (SSSR count). The lowest BCUT2D eigenvalue weighted by atomic mass is 10.2. The van der Waals surface area contributed by atoms with Gasteiger partial charge in [-0.25, -0.2) is 18.6 Å². The molecule has 156 valence electrons. The first-order valence-electron chi connectivity index (χ1n) is 9.72. The molecular weight excluding hydrogens is 380 g/mol. The lowest BCUT2D eigenvalue weighted by molar-refractivity contribution is 0.0818. The van der Waals surface area contributed by atoms with Gasteiger partial charge < -0.3 is 20.1 Å². The summed E-state index contributed by atoms with van der Waals surface area (Å²) in [6.45, 7) is -0.122. The maximum Gasteiger partial charge on any atom is 0.315 e. The summed E-state index contributed by atoms with van der Waals surface area (Å²) in [4.78, 5) is 16.4. The van der Waals surface area contributed by atoms with Gasteiger partial charge in [0.25, 0.3) is 6.43 Å². The summed E-state index contributed by atoms with van der Waals surface area (Å²) >= 11 is 0. The van der Waals surface area contributed by atoms with E-state index in [-0.39, 0.29) is 18.7 Å². The number of alkyl halides is 2. The minimum Gasteiger partial charge on any atom is -0.488 e. The summed E-state index contributed by atoms with van der Waals surface area (Å²) in [6, 6.07) is 10.0. The van der Waals surface area contributed by atoms with E-state index in [1.54, 1.807) is 36.5 Å². The summed E-state index contributed by atoms with van der Waals surface area (Å²) in [5, 5.41) is 5.53. The number of nitrogens with zero attached hydrogens (tertiary/aromatic N) is 1. The Morgan fingerprint density at radius 1 is 1.14 bits per heavy atom. The number of nitrogens with one attached hydrogen (secondary N) is 2. The Kier molecular flexibility index (Phi) is 7.61. The van der Waals surface area contributed by atoms with Crippen molar-refractivity contribution in [2.24, 2.45) is 0 Å². The number of benzene rings is 1. The first-order chi connectivity index (χ1) is 14.1. The number of aromatic nitrogens is 1. The standard InChI is InChI=1S/C21H25F2N3O3/c22-19(23)14-28-18-9-3-5-15(11-18)12-25-21(27)26-13-16-6-4-10-24-20(16)29-17-7-1-2-8-17/h3-6,9-11,17,19H,1-2,7-8,12-14H2,(H2,25,26,27). The predicted octanol–water partition coefficient (Wildman–Crippen LogP) is 4.05. The van der Waals surface area contributed by atoms with E-state index in [4.69, 9.17) is 9.47 Å². The van der Waals surface area contributed by atoms with E-state index in [2.05, 4.69) is 15.6 Å².